The van der Waals surface area contributed by atoms with E-state index in [4.69, 9.17) is 0 Å². The van der Waals surface area contributed by atoms with Gasteiger partial charge in [0.05, 0.1) is 0 Å². The van der Waals surface area contributed by atoms with E-state index in [0.717, 1.165) is 12.8 Å². The van der Waals surface area contributed by atoms with Crippen LogP contribution < -0.4 is 0 Å². The highest BCUT2D eigenvalue weighted by molar-refractivity contribution is 5.30. The SMILES string of the molecule is C=CC=CCCc1ccc(C)c(C)c1. The van der Waals surface area contributed by atoms with E-state index in [1.807, 2.05) is 12.2 Å². The molecule has 0 aliphatic rings. The molecule has 1 rings (SSSR count). The predicted molar refractivity (Wildman–Crippen MR) is 63.6 cm³/mol. The fourth-order valence-corrected chi connectivity index (χ4v) is 1.40. The summed E-state index contributed by atoms with van der Waals surface area (Å²) in [5, 5.41) is 0. The zero-order valence-corrected chi connectivity index (χ0v) is 9.09. The maximum atomic E-state index is 3.64. The van der Waals surface area contributed by atoms with Crippen molar-refractivity contribution in [1.29, 1.82) is 0 Å². The van der Waals surface area contributed by atoms with Gasteiger partial charge in [0.2, 0.25) is 0 Å². The van der Waals surface area contributed by atoms with Crippen molar-refractivity contribution >= 4 is 0 Å². The molecule has 74 valence electrons. The van der Waals surface area contributed by atoms with E-state index < -0.39 is 0 Å². The van der Waals surface area contributed by atoms with Crippen LogP contribution in [0.25, 0.3) is 0 Å². The van der Waals surface area contributed by atoms with E-state index in [1.165, 1.54) is 16.7 Å². The molecule has 0 bridgehead atoms. The Hall–Kier alpha value is -1.30. The molecule has 0 saturated carbocycles. The molecule has 14 heavy (non-hydrogen) atoms. The molecule has 0 aliphatic heterocycles. The summed E-state index contributed by atoms with van der Waals surface area (Å²) >= 11 is 0. The lowest BCUT2D eigenvalue weighted by Crippen LogP contribution is -1.87. The summed E-state index contributed by atoms with van der Waals surface area (Å²) in [7, 11) is 0. The summed E-state index contributed by atoms with van der Waals surface area (Å²) in [5.74, 6) is 0. The molecule has 0 atom stereocenters. The highest BCUT2D eigenvalue weighted by atomic mass is 14.0. The number of hydrogen-bond donors (Lipinski definition) is 0. The third-order valence-corrected chi connectivity index (χ3v) is 2.44. The van der Waals surface area contributed by atoms with Gasteiger partial charge >= 0.3 is 0 Å². The summed E-state index contributed by atoms with van der Waals surface area (Å²) < 4.78 is 0. The minimum atomic E-state index is 1.09. The summed E-state index contributed by atoms with van der Waals surface area (Å²) in [5.41, 5.74) is 4.17. The molecular weight excluding hydrogens is 168 g/mol. The monoisotopic (exact) mass is 186 g/mol. The van der Waals surface area contributed by atoms with Crippen LogP contribution in [0.5, 0.6) is 0 Å². The second-order valence-corrected chi connectivity index (χ2v) is 3.62. The Morgan fingerprint density at radius 1 is 1.21 bits per heavy atom. The van der Waals surface area contributed by atoms with E-state index in [-0.39, 0.29) is 0 Å². The van der Waals surface area contributed by atoms with Gasteiger partial charge in [0.15, 0.2) is 0 Å². The van der Waals surface area contributed by atoms with Gasteiger partial charge in [0, 0.05) is 0 Å². The minimum absolute atomic E-state index is 1.09. The molecule has 1 aromatic carbocycles. The maximum Gasteiger partial charge on any atom is -0.0244 e. The lowest BCUT2D eigenvalue weighted by Gasteiger charge is -2.03. The normalized spacial score (nSPS) is 10.7. The largest absolute Gasteiger partial charge is 0.0991 e. The molecule has 1 aromatic rings. The van der Waals surface area contributed by atoms with Crippen molar-refractivity contribution in [2.24, 2.45) is 0 Å². The third-order valence-electron chi connectivity index (χ3n) is 2.44. The van der Waals surface area contributed by atoms with E-state index in [2.05, 4.69) is 44.7 Å². The quantitative estimate of drug-likeness (QED) is 0.624. The molecule has 0 heteroatoms. The average molecular weight is 186 g/mol. The number of aryl methyl sites for hydroxylation is 3. The lowest BCUT2D eigenvalue weighted by molar-refractivity contribution is 0.996. The topological polar surface area (TPSA) is 0 Å². The number of rotatable bonds is 4. The smallest absolute Gasteiger partial charge is 0.0244 e. The Bertz CT molecular complexity index is 332. The van der Waals surface area contributed by atoms with Gasteiger partial charge in [-0.1, -0.05) is 43.0 Å². The van der Waals surface area contributed by atoms with Crippen molar-refractivity contribution in [3.63, 3.8) is 0 Å². The Morgan fingerprint density at radius 2 is 2.00 bits per heavy atom. The van der Waals surface area contributed by atoms with Crippen LogP contribution in [0, 0.1) is 13.8 Å². The van der Waals surface area contributed by atoms with Gasteiger partial charge in [-0.15, -0.1) is 0 Å². The molecule has 0 radical (unpaired) electrons. The first-order valence-corrected chi connectivity index (χ1v) is 5.07. The van der Waals surface area contributed by atoms with Crippen LogP contribution in [0.2, 0.25) is 0 Å². The Morgan fingerprint density at radius 3 is 2.64 bits per heavy atom. The fraction of sp³-hybridized carbons (Fsp3) is 0.286. The van der Waals surface area contributed by atoms with Crippen molar-refractivity contribution in [2.45, 2.75) is 26.7 Å². The van der Waals surface area contributed by atoms with E-state index in [0.29, 0.717) is 0 Å². The molecular formula is C14H18. The molecule has 0 N–H and O–H groups in total. The molecule has 0 unspecified atom stereocenters. The van der Waals surface area contributed by atoms with Gasteiger partial charge in [-0.3, -0.25) is 0 Å². The van der Waals surface area contributed by atoms with Gasteiger partial charge in [-0.25, -0.2) is 0 Å². The second kappa shape index (κ2) is 5.43. The third kappa shape index (κ3) is 3.21. The van der Waals surface area contributed by atoms with Crippen LogP contribution in [0.3, 0.4) is 0 Å². The second-order valence-electron chi connectivity index (χ2n) is 3.62. The van der Waals surface area contributed by atoms with Gasteiger partial charge in [0.1, 0.15) is 0 Å². The van der Waals surface area contributed by atoms with Crippen LogP contribution in [-0.2, 0) is 6.42 Å². The molecule has 0 aromatic heterocycles. The van der Waals surface area contributed by atoms with Crippen molar-refractivity contribution in [3.8, 4) is 0 Å². The first kappa shape index (κ1) is 10.8. The maximum absolute atomic E-state index is 3.64. The molecule has 0 saturated heterocycles. The molecule has 0 nitrogen and oxygen atoms in total. The van der Waals surface area contributed by atoms with Gasteiger partial charge in [-0.05, 0) is 43.4 Å². The molecule has 0 heterocycles. The summed E-state index contributed by atoms with van der Waals surface area (Å²) in [6.45, 7) is 7.96. The molecule has 0 spiro atoms. The lowest BCUT2D eigenvalue weighted by atomic mass is 10.0. The minimum Gasteiger partial charge on any atom is -0.0991 e. The van der Waals surface area contributed by atoms with Crippen molar-refractivity contribution < 1.29 is 0 Å². The number of hydrogen-bond acceptors (Lipinski definition) is 0. The Kier molecular flexibility index (Phi) is 4.18. The molecule has 0 amide bonds. The van der Waals surface area contributed by atoms with Gasteiger partial charge < -0.3 is 0 Å². The first-order chi connectivity index (χ1) is 6.74. The Labute approximate surface area is 87.0 Å². The summed E-state index contributed by atoms with van der Waals surface area (Å²) in [4.78, 5) is 0. The summed E-state index contributed by atoms with van der Waals surface area (Å²) in [6, 6.07) is 6.68. The van der Waals surface area contributed by atoms with Crippen LogP contribution in [0.4, 0.5) is 0 Å². The summed E-state index contributed by atoms with van der Waals surface area (Å²) in [6.07, 6.45) is 8.18. The van der Waals surface area contributed by atoms with Crippen LogP contribution in [-0.4, -0.2) is 0 Å². The van der Waals surface area contributed by atoms with Crippen molar-refractivity contribution in [2.75, 3.05) is 0 Å². The Balaban J connectivity index is 2.55. The van der Waals surface area contributed by atoms with E-state index in [9.17, 15) is 0 Å². The zero-order valence-electron chi connectivity index (χ0n) is 9.09. The average Bonchev–Trinajstić information content (AvgIpc) is 2.18. The van der Waals surface area contributed by atoms with E-state index in [1.54, 1.807) is 0 Å². The van der Waals surface area contributed by atoms with E-state index >= 15 is 0 Å². The standard InChI is InChI=1S/C14H18/c1-4-5-6-7-8-14-10-9-12(2)13(3)11-14/h4-6,9-11H,1,7-8H2,2-3H3. The van der Waals surface area contributed by atoms with Gasteiger partial charge in [0.25, 0.3) is 0 Å². The molecule has 0 fully saturated rings. The van der Waals surface area contributed by atoms with Gasteiger partial charge in [-0.2, -0.15) is 0 Å². The number of allylic oxidation sites excluding steroid dienone is 3. The first-order valence-electron chi connectivity index (χ1n) is 5.07. The van der Waals surface area contributed by atoms with Crippen LogP contribution in [0.15, 0.2) is 43.0 Å². The van der Waals surface area contributed by atoms with Crippen molar-refractivity contribution in [3.05, 3.63) is 59.7 Å². The highest BCUT2D eigenvalue weighted by Crippen LogP contribution is 2.11. The zero-order chi connectivity index (χ0) is 10.4. The van der Waals surface area contributed by atoms with Crippen LogP contribution in [0.1, 0.15) is 23.1 Å². The van der Waals surface area contributed by atoms with Crippen molar-refractivity contribution in [1.82, 2.24) is 0 Å². The number of benzene rings is 1. The highest BCUT2D eigenvalue weighted by Gasteiger charge is 1.94. The fourth-order valence-electron chi connectivity index (χ4n) is 1.40. The molecule has 0 aliphatic carbocycles. The van der Waals surface area contributed by atoms with Crippen LogP contribution >= 0.6 is 0 Å². The predicted octanol–water partition coefficient (Wildman–Crippen LogP) is 3.98.